The molecule has 2 aliphatic heterocycles. The van der Waals surface area contributed by atoms with Gasteiger partial charge in [0.1, 0.15) is 0 Å². The van der Waals surface area contributed by atoms with E-state index in [4.69, 9.17) is 9.47 Å². The maximum Gasteiger partial charge on any atom is 0.409 e. The number of carbonyl (C=O) groups excluding carboxylic acids is 3. The third-order valence-electron chi connectivity index (χ3n) is 7.08. The molecule has 2 heterocycles. The molecule has 206 valence electrons. The number of rotatable bonds is 6. The van der Waals surface area contributed by atoms with Crippen molar-refractivity contribution in [3.05, 3.63) is 101 Å². The van der Waals surface area contributed by atoms with E-state index in [0.29, 0.717) is 50.4 Å². The average Bonchev–Trinajstić information content (AvgIpc) is 2.96. The summed E-state index contributed by atoms with van der Waals surface area (Å²) in [5, 5.41) is 3.06. The van der Waals surface area contributed by atoms with Gasteiger partial charge in [0.2, 0.25) is 0 Å². The van der Waals surface area contributed by atoms with E-state index in [-0.39, 0.29) is 29.7 Å². The third-order valence-corrected chi connectivity index (χ3v) is 7.08. The zero-order valence-electron chi connectivity index (χ0n) is 22.8. The summed E-state index contributed by atoms with van der Waals surface area (Å²) in [6.07, 6.45) is 2.75. The predicted molar refractivity (Wildman–Crippen MR) is 153 cm³/mol. The van der Waals surface area contributed by atoms with Crippen molar-refractivity contribution in [3.8, 4) is 5.75 Å². The molecule has 0 aliphatic carbocycles. The van der Waals surface area contributed by atoms with Gasteiger partial charge in [-0.25, -0.2) is 4.79 Å². The minimum absolute atomic E-state index is 0.00677. The van der Waals surface area contributed by atoms with Crippen LogP contribution in [0.25, 0.3) is 6.08 Å². The molecule has 3 aromatic carbocycles. The van der Waals surface area contributed by atoms with Crippen molar-refractivity contribution >= 4 is 29.7 Å². The quantitative estimate of drug-likeness (QED) is 0.429. The van der Waals surface area contributed by atoms with Gasteiger partial charge < -0.3 is 19.7 Å². The number of para-hydroxylation sites is 2. The number of aryl methyl sites for hydroxylation is 1. The first kappa shape index (κ1) is 27.0. The Balaban J connectivity index is 1.26. The summed E-state index contributed by atoms with van der Waals surface area (Å²) in [5.41, 5.74) is 4.17. The van der Waals surface area contributed by atoms with Crippen LogP contribution < -0.4 is 15.0 Å². The number of nitrogens with zero attached hydrogens (tertiary/aromatic N) is 2. The van der Waals surface area contributed by atoms with Crippen molar-refractivity contribution in [1.29, 1.82) is 0 Å². The van der Waals surface area contributed by atoms with Crippen LogP contribution in [-0.2, 0) is 16.1 Å². The van der Waals surface area contributed by atoms with E-state index in [0.717, 1.165) is 22.4 Å². The molecule has 3 amide bonds. The van der Waals surface area contributed by atoms with E-state index in [2.05, 4.69) is 11.4 Å². The first-order chi connectivity index (χ1) is 19.4. The van der Waals surface area contributed by atoms with Crippen LogP contribution >= 0.6 is 0 Å². The van der Waals surface area contributed by atoms with E-state index < -0.39 is 0 Å². The van der Waals surface area contributed by atoms with Crippen LogP contribution in [0.2, 0.25) is 0 Å². The van der Waals surface area contributed by atoms with Gasteiger partial charge in [-0.1, -0.05) is 54.1 Å². The smallest absolute Gasteiger partial charge is 0.409 e. The van der Waals surface area contributed by atoms with Crippen LogP contribution in [0.15, 0.2) is 78.6 Å². The molecule has 1 N–H and O–H groups in total. The van der Waals surface area contributed by atoms with Gasteiger partial charge in [-0.15, -0.1) is 0 Å². The van der Waals surface area contributed by atoms with E-state index in [9.17, 15) is 14.4 Å². The van der Waals surface area contributed by atoms with Crippen molar-refractivity contribution in [2.45, 2.75) is 39.3 Å². The summed E-state index contributed by atoms with van der Waals surface area (Å²) in [6, 6.07) is 22.7. The minimum atomic E-state index is -0.306. The molecule has 2 aliphatic rings. The zero-order chi connectivity index (χ0) is 28.1. The molecular formula is C32H33N3O5. The van der Waals surface area contributed by atoms with Gasteiger partial charge in [0.15, 0.2) is 11.5 Å². The molecule has 8 heteroatoms. The Morgan fingerprint density at radius 2 is 1.77 bits per heavy atom. The van der Waals surface area contributed by atoms with Crippen LogP contribution in [0.3, 0.4) is 0 Å². The molecule has 0 spiro atoms. The number of carbonyl (C=O) groups is 3. The highest BCUT2D eigenvalue weighted by atomic mass is 16.6. The maximum atomic E-state index is 13.5. The van der Waals surface area contributed by atoms with Gasteiger partial charge in [-0.3, -0.25) is 14.5 Å². The second-order valence-corrected chi connectivity index (χ2v) is 10.0. The van der Waals surface area contributed by atoms with Crippen molar-refractivity contribution in [2.75, 3.05) is 24.6 Å². The fourth-order valence-corrected chi connectivity index (χ4v) is 4.98. The molecule has 1 saturated heterocycles. The van der Waals surface area contributed by atoms with E-state index in [1.165, 1.54) is 0 Å². The van der Waals surface area contributed by atoms with Crippen LogP contribution in [0.1, 0.15) is 46.8 Å². The first-order valence-corrected chi connectivity index (χ1v) is 13.6. The van der Waals surface area contributed by atoms with E-state index in [1.54, 1.807) is 47.1 Å². The lowest BCUT2D eigenvalue weighted by molar-refractivity contribution is -0.117. The topological polar surface area (TPSA) is 88.2 Å². The van der Waals surface area contributed by atoms with E-state index in [1.807, 2.05) is 49.4 Å². The summed E-state index contributed by atoms with van der Waals surface area (Å²) >= 11 is 0. The number of hydrogen-bond donors (Lipinski definition) is 1. The Morgan fingerprint density at radius 3 is 2.50 bits per heavy atom. The molecule has 0 bridgehead atoms. The molecule has 5 rings (SSSR count). The molecule has 8 nitrogen and oxygen atoms in total. The van der Waals surface area contributed by atoms with Gasteiger partial charge in [-0.05, 0) is 68.2 Å². The fourth-order valence-electron chi connectivity index (χ4n) is 4.98. The SMILES string of the molecule is CCOC(=O)N1CCC(NC(=O)c2ccc(/C=C3/Oc4ccccc4N(Cc4cccc(C)c4)C3=O)cc2)CC1. The number of piperidine rings is 1. The van der Waals surface area contributed by atoms with Gasteiger partial charge >= 0.3 is 6.09 Å². The zero-order valence-corrected chi connectivity index (χ0v) is 22.8. The summed E-state index contributed by atoms with van der Waals surface area (Å²) in [6.45, 7) is 5.69. The summed E-state index contributed by atoms with van der Waals surface area (Å²) in [4.78, 5) is 41.7. The Bertz CT molecular complexity index is 1420. The second kappa shape index (κ2) is 12.1. The molecule has 3 aromatic rings. The van der Waals surface area contributed by atoms with Crippen molar-refractivity contribution in [3.63, 3.8) is 0 Å². The van der Waals surface area contributed by atoms with Crippen molar-refractivity contribution in [2.24, 2.45) is 0 Å². The number of nitrogens with one attached hydrogen (secondary N) is 1. The Labute approximate surface area is 234 Å². The highest BCUT2D eigenvalue weighted by Gasteiger charge is 2.30. The van der Waals surface area contributed by atoms with Crippen molar-refractivity contribution in [1.82, 2.24) is 10.2 Å². The molecule has 0 radical (unpaired) electrons. The van der Waals surface area contributed by atoms with Gasteiger partial charge in [0, 0.05) is 24.7 Å². The number of benzene rings is 3. The van der Waals surface area contributed by atoms with Crippen molar-refractivity contribution < 1.29 is 23.9 Å². The maximum absolute atomic E-state index is 13.5. The minimum Gasteiger partial charge on any atom is -0.450 e. The number of likely N-dealkylation sites (tertiary alicyclic amines) is 1. The van der Waals surface area contributed by atoms with E-state index >= 15 is 0 Å². The predicted octanol–water partition coefficient (Wildman–Crippen LogP) is 5.31. The molecule has 0 saturated carbocycles. The van der Waals surface area contributed by atoms with Crippen LogP contribution in [0, 0.1) is 6.92 Å². The van der Waals surface area contributed by atoms with Crippen LogP contribution in [-0.4, -0.2) is 48.5 Å². The lowest BCUT2D eigenvalue weighted by Gasteiger charge is -2.31. The van der Waals surface area contributed by atoms with Gasteiger partial charge in [0.05, 0.1) is 18.8 Å². The highest BCUT2D eigenvalue weighted by molar-refractivity contribution is 6.09. The fraction of sp³-hybridized carbons (Fsp3) is 0.281. The number of ether oxygens (including phenoxy) is 2. The van der Waals surface area contributed by atoms with Gasteiger partial charge in [-0.2, -0.15) is 0 Å². The normalized spacial score (nSPS) is 16.4. The number of anilines is 1. The molecular weight excluding hydrogens is 506 g/mol. The average molecular weight is 540 g/mol. The Morgan fingerprint density at radius 1 is 1.02 bits per heavy atom. The molecule has 0 aromatic heterocycles. The first-order valence-electron chi connectivity index (χ1n) is 13.6. The lowest BCUT2D eigenvalue weighted by atomic mass is 10.0. The molecule has 1 fully saturated rings. The molecule has 0 atom stereocenters. The van der Waals surface area contributed by atoms with Crippen LogP contribution in [0.4, 0.5) is 10.5 Å². The summed E-state index contributed by atoms with van der Waals surface area (Å²) in [5.74, 6) is 0.441. The van der Waals surface area contributed by atoms with Gasteiger partial charge in [0.25, 0.3) is 11.8 Å². The summed E-state index contributed by atoms with van der Waals surface area (Å²) < 4.78 is 11.1. The number of hydrogen-bond acceptors (Lipinski definition) is 5. The number of fused-ring (bicyclic) bond motifs is 1. The van der Waals surface area contributed by atoms with Crippen LogP contribution in [0.5, 0.6) is 5.75 Å². The second-order valence-electron chi connectivity index (χ2n) is 10.0. The highest BCUT2D eigenvalue weighted by Crippen LogP contribution is 2.36. The summed E-state index contributed by atoms with van der Waals surface area (Å²) in [7, 11) is 0. The Kier molecular flexibility index (Phi) is 8.15. The Hall–Kier alpha value is -4.59. The monoisotopic (exact) mass is 539 g/mol. The number of amides is 3. The standard InChI is InChI=1S/C32H33N3O5/c1-3-39-32(38)34-17-15-26(16-18-34)33-30(36)25-13-11-23(12-14-25)20-29-31(37)35(21-24-8-6-7-22(2)19-24)27-9-4-5-10-28(27)40-29/h4-14,19-20,26H,3,15-18,21H2,1-2H3,(H,33,36)/b29-20+. The largest absolute Gasteiger partial charge is 0.450 e. The third kappa shape index (κ3) is 6.17. The molecule has 40 heavy (non-hydrogen) atoms. The molecule has 0 unspecified atom stereocenters. The lowest BCUT2D eigenvalue weighted by Crippen LogP contribution is -2.46.